The Morgan fingerprint density at radius 2 is 2.05 bits per heavy atom. The molecule has 0 bridgehead atoms. The number of aryl methyl sites for hydroxylation is 2. The lowest BCUT2D eigenvalue weighted by molar-refractivity contribution is -0.117. The third kappa shape index (κ3) is 2.58. The van der Waals surface area contributed by atoms with Gasteiger partial charge in [0.1, 0.15) is 0 Å². The Morgan fingerprint density at radius 3 is 2.67 bits per heavy atom. The SMILES string of the molecule is CCn1nc(C)c(NC(=O)C2CC2c2ccccc2)c1C. The molecule has 1 aliphatic rings. The first-order valence-electron chi connectivity index (χ1n) is 7.51. The molecule has 0 saturated heterocycles. The average Bonchev–Trinajstić information content (AvgIpc) is 3.26. The van der Waals surface area contributed by atoms with Gasteiger partial charge in [0.15, 0.2) is 0 Å². The van der Waals surface area contributed by atoms with Crippen LogP contribution in [0.15, 0.2) is 30.3 Å². The van der Waals surface area contributed by atoms with E-state index in [0.717, 1.165) is 30.0 Å². The molecule has 4 heteroatoms. The van der Waals surface area contributed by atoms with Gasteiger partial charge in [0.25, 0.3) is 0 Å². The van der Waals surface area contributed by atoms with Gasteiger partial charge in [-0.3, -0.25) is 9.48 Å². The van der Waals surface area contributed by atoms with Crippen LogP contribution in [-0.2, 0) is 11.3 Å². The standard InChI is InChI=1S/C17H21N3O/c1-4-20-12(3)16(11(2)19-20)18-17(21)15-10-14(15)13-8-6-5-7-9-13/h5-9,14-15H,4,10H2,1-3H3,(H,18,21). The van der Waals surface area contributed by atoms with Crippen molar-refractivity contribution in [1.82, 2.24) is 9.78 Å². The van der Waals surface area contributed by atoms with Crippen LogP contribution >= 0.6 is 0 Å². The van der Waals surface area contributed by atoms with Crippen molar-refractivity contribution >= 4 is 11.6 Å². The molecule has 3 rings (SSSR count). The highest BCUT2D eigenvalue weighted by Crippen LogP contribution is 2.48. The predicted molar refractivity (Wildman–Crippen MR) is 83.3 cm³/mol. The highest BCUT2D eigenvalue weighted by Gasteiger charge is 2.44. The summed E-state index contributed by atoms with van der Waals surface area (Å²) in [6.07, 6.45) is 0.940. The minimum absolute atomic E-state index is 0.0937. The summed E-state index contributed by atoms with van der Waals surface area (Å²) >= 11 is 0. The van der Waals surface area contributed by atoms with E-state index < -0.39 is 0 Å². The highest BCUT2D eigenvalue weighted by molar-refractivity contribution is 5.96. The first-order chi connectivity index (χ1) is 10.1. The molecule has 0 aliphatic heterocycles. The van der Waals surface area contributed by atoms with E-state index in [1.54, 1.807) is 0 Å². The number of aromatic nitrogens is 2. The zero-order chi connectivity index (χ0) is 15.0. The van der Waals surface area contributed by atoms with E-state index in [0.29, 0.717) is 5.92 Å². The molecule has 1 fully saturated rings. The molecular weight excluding hydrogens is 262 g/mol. The third-order valence-corrected chi connectivity index (χ3v) is 4.28. The molecule has 21 heavy (non-hydrogen) atoms. The minimum Gasteiger partial charge on any atom is -0.323 e. The molecule has 1 aromatic heterocycles. The normalized spacial score (nSPS) is 20.3. The average molecular weight is 283 g/mol. The van der Waals surface area contributed by atoms with Crippen LogP contribution in [0.5, 0.6) is 0 Å². The van der Waals surface area contributed by atoms with Crippen LogP contribution in [-0.4, -0.2) is 15.7 Å². The summed E-state index contributed by atoms with van der Waals surface area (Å²) in [5.74, 6) is 0.579. The van der Waals surface area contributed by atoms with Crippen LogP contribution in [0.3, 0.4) is 0 Å². The number of rotatable bonds is 4. The second-order valence-electron chi connectivity index (χ2n) is 5.71. The summed E-state index contributed by atoms with van der Waals surface area (Å²) in [6.45, 7) is 6.81. The lowest BCUT2D eigenvalue weighted by Crippen LogP contribution is -2.15. The fourth-order valence-corrected chi connectivity index (χ4v) is 2.96. The van der Waals surface area contributed by atoms with Gasteiger partial charge >= 0.3 is 0 Å². The summed E-state index contributed by atoms with van der Waals surface area (Å²) in [7, 11) is 0. The van der Waals surface area contributed by atoms with Crippen molar-refractivity contribution in [3.8, 4) is 0 Å². The summed E-state index contributed by atoms with van der Waals surface area (Å²) in [6, 6.07) is 10.3. The van der Waals surface area contributed by atoms with Crippen molar-refractivity contribution in [2.75, 3.05) is 5.32 Å². The molecule has 1 saturated carbocycles. The molecular formula is C17H21N3O. The Hall–Kier alpha value is -2.10. The zero-order valence-electron chi connectivity index (χ0n) is 12.8. The lowest BCUT2D eigenvalue weighted by Gasteiger charge is -2.06. The monoisotopic (exact) mass is 283 g/mol. The van der Waals surface area contributed by atoms with Gasteiger partial charge < -0.3 is 5.32 Å². The van der Waals surface area contributed by atoms with Crippen LogP contribution in [0.25, 0.3) is 0 Å². The molecule has 2 aromatic rings. The number of nitrogens with zero attached hydrogens (tertiary/aromatic N) is 2. The van der Waals surface area contributed by atoms with Crippen molar-refractivity contribution < 1.29 is 4.79 Å². The molecule has 2 unspecified atom stereocenters. The lowest BCUT2D eigenvalue weighted by atomic mass is 10.1. The largest absolute Gasteiger partial charge is 0.323 e. The summed E-state index contributed by atoms with van der Waals surface area (Å²) < 4.78 is 1.92. The molecule has 0 spiro atoms. The number of carbonyl (C=O) groups excluding carboxylic acids is 1. The van der Waals surface area contributed by atoms with Crippen molar-refractivity contribution in [2.24, 2.45) is 5.92 Å². The van der Waals surface area contributed by atoms with Crippen LogP contribution in [0.4, 0.5) is 5.69 Å². The fraction of sp³-hybridized carbons (Fsp3) is 0.412. The maximum Gasteiger partial charge on any atom is 0.228 e. The highest BCUT2D eigenvalue weighted by atomic mass is 16.2. The molecule has 110 valence electrons. The third-order valence-electron chi connectivity index (χ3n) is 4.28. The van der Waals surface area contributed by atoms with Gasteiger partial charge in [-0.2, -0.15) is 5.10 Å². The second-order valence-corrected chi connectivity index (χ2v) is 5.71. The number of carbonyl (C=O) groups is 1. The quantitative estimate of drug-likeness (QED) is 0.936. The van der Waals surface area contributed by atoms with Crippen molar-refractivity contribution in [3.05, 3.63) is 47.3 Å². The smallest absolute Gasteiger partial charge is 0.228 e. The molecule has 1 amide bonds. The Labute approximate surface area is 125 Å². The van der Waals surface area contributed by atoms with Gasteiger partial charge in [-0.05, 0) is 38.7 Å². The molecule has 1 aromatic carbocycles. The summed E-state index contributed by atoms with van der Waals surface area (Å²) in [4.78, 5) is 12.4. The summed E-state index contributed by atoms with van der Waals surface area (Å²) in [5, 5.41) is 7.51. The Morgan fingerprint density at radius 1 is 1.33 bits per heavy atom. The first-order valence-corrected chi connectivity index (χ1v) is 7.51. The van der Waals surface area contributed by atoms with E-state index in [9.17, 15) is 4.79 Å². The van der Waals surface area contributed by atoms with Gasteiger partial charge in [-0.1, -0.05) is 30.3 Å². The molecule has 4 nitrogen and oxygen atoms in total. The van der Waals surface area contributed by atoms with Crippen molar-refractivity contribution in [3.63, 3.8) is 0 Å². The number of hydrogen-bond acceptors (Lipinski definition) is 2. The zero-order valence-corrected chi connectivity index (χ0v) is 12.8. The summed E-state index contributed by atoms with van der Waals surface area (Å²) in [5.41, 5.74) is 4.05. The molecule has 0 radical (unpaired) electrons. The topological polar surface area (TPSA) is 46.9 Å². The minimum atomic E-state index is 0.0937. The Balaban J connectivity index is 1.70. The molecule has 2 atom stereocenters. The van der Waals surface area contributed by atoms with Gasteiger partial charge in [-0.25, -0.2) is 0 Å². The number of hydrogen-bond donors (Lipinski definition) is 1. The van der Waals surface area contributed by atoms with E-state index in [2.05, 4.69) is 29.5 Å². The molecule has 1 N–H and O–H groups in total. The van der Waals surface area contributed by atoms with Crippen molar-refractivity contribution in [1.29, 1.82) is 0 Å². The van der Waals surface area contributed by atoms with Gasteiger partial charge in [0, 0.05) is 12.5 Å². The maximum atomic E-state index is 12.4. The fourth-order valence-electron chi connectivity index (χ4n) is 2.96. The first kappa shape index (κ1) is 13.9. The van der Waals surface area contributed by atoms with Crippen LogP contribution < -0.4 is 5.32 Å². The Bertz CT molecular complexity index is 660. The van der Waals surface area contributed by atoms with Gasteiger partial charge in [-0.15, -0.1) is 0 Å². The van der Waals surface area contributed by atoms with Crippen LogP contribution in [0.1, 0.15) is 36.2 Å². The van der Waals surface area contributed by atoms with Crippen molar-refractivity contribution in [2.45, 2.75) is 39.7 Å². The number of nitrogens with one attached hydrogen (secondary N) is 1. The second kappa shape index (κ2) is 5.35. The number of anilines is 1. The number of amides is 1. The van der Waals surface area contributed by atoms with E-state index in [-0.39, 0.29) is 11.8 Å². The van der Waals surface area contributed by atoms with Crippen LogP contribution in [0.2, 0.25) is 0 Å². The Kier molecular flexibility index (Phi) is 3.53. The van der Waals surface area contributed by atoms with E-state index >= 15 is 0 Å². The van der Waals surface area contributed by atoms with Gasteiger partial charge in [0.2, 0.25) is 5.91 Å². The predicted octanol–water partition coefficient (Wildman–Crippen LogP) is 3.26. The van der Waals surface area contributed by atoms with Gasteiger partial charge in [0.05, 0.1) is 17.1 Å². The van der Waals surface area contributed by atoms with Crippen LogP contribution in [0, 0.1) is 19.8 Å². The van der Waals surface area contributed by atoms with E-state index in [1.165, 1.54) is 5.56 Å². The van der Waals surface area contributed by atoms with E-state index in [4.69, 9.17) is 0 Å². The number of benzene rings is 1. The maximum absolute atomic E-state index is 12.4. The molecule has 1 heterocycles. The molecule has 1 aliphatic carbocycles. The van der Waals surface area contributed by atoms with E-state index in [1.807, 2.05) is 36.7 Å².